The maximum atomic E-state index is 13.3. The van der Waals surface area contributed by atoms with E-state index in [1.807, 2.05) is 0 Å². The van der Waals surface area contributed by atoms with Gasteiger partial charge < -0.3 is 9.84 Å². The number of nitro groups is 1. The molecule has 0 fully saturated rings. The van der Waals surface area contributed by atoms with E-state index in [4.69, 9.17) is 9.84 Å². The number of aromatic carboxylic acids is 1. The molecular formula is C12H12FNO5. The summed E-state index contributed by atoms with van der Waals surface area (Å²) in [6.07, 6.45) is 2.88. The number of halogens is 1. The van der Waals surface area contributed by atoms with Crippen molar-refractivity contribution >= 4 is 11.7 Å². The fourth-order valence-electron chi connectivity index (χ4n) is 1.37. The number of nitrogens with zero attached hydrogens (tertiary/aromatic N) is 1. The number of unbranched alkanes of at least 4 members (excludes halogenated alkanes) is 1. The average Bonchev–Trinajstić information content (AvgIpc) is 2.35. The van der Waals surface area contributed by atoms with Crippen molar-refractivity contribution in [3.63, 3.8) is 0 Å². The van der Waals surface area contributed by atoms with Crippen molar-refractivity contribution in [2.45, 2.75) is 12.8 Å². The number of hydrogen-bond donors (Lipinski definition) is 1. The zero-order valence-electron chi connectivity index (χ0n) is 9.97. The van der Waals surface area contributed by atoms with Gasteiger partial charge in [0.05, 0.1) is 23.2 Å². The van der Waals surface area contributed by atoms with Crippen LogP contribution < -0.4 is 4.74 Å². The third-order valence-corrected chi connectivity index (χ3v) is 2.29. The zero-order chi connectivity index (χ0) is 14.4. The average molecular weight is 269 g/mol. The Morgan fingerprint density at radius 1 is 1.58 bits per heavy atom. The zero-order valence-corrected chi connectivity index (χ0v) is 9.97. The van der Waals surface area contributed by atoms with E-state index in [1.165, 1.54) is 0 Å². The van der Waals surface area contributed by atoms with E-state index in [9.17, 15) is 19.3 Å². The molecule has 0 saturated carbocycles. The van der Waals surface area contributed by atoms with Gasteiger partial charge in [-0.3, -0.25) is 10.1 Å². The molecule has 1 aromatic rings. The van der Waals surface area contributed by atoms with Gasteiger partial charge in [0.15, 0.2) is 5.75 Å². The molecule has 0 saturated heterocycles. The van der Waals surface area contributed by atoms with Gasteiger partial charge >= 0.3 is 11.7 Å². The van der Waals surface area contributed by atoms with Crippen molar-refractivity contribution in [1.82, 2.24) is 0 Å². The maximum absolute atomic E-state index is 13.3. The Hall–Kier alpha value is -2.44. The maximum Gasteiger partial charge on any atom is 0.338 e. The second-order valence-electron chi connectivity index (χ2n) is 3.64. The van der Waals surface area contributed by atoms with Gasteiger partial charge in [0.25, 0.3) is 0 Å². The Labute approximate surface area is 108 Å². The van der Waals surface area contributed by atoms with Crippen LogP contribution in [0.4, 0.5) is 10.1 Å². The Bertz CT molecular complexity index is 515. The lowest BCUT2D eigenvalue weighted by Crippen LogP contribution is -2.06. The Balaban J connectivity index is 3.04. The molecule has 0 heterocycles. The SMILES string of the molecule is C=CCCCOc1cc(C(=O)O)c(F)cc1[N+](=O)[O-]. The number of ether oxygens (including phenoxy) is 1. The normalized spacial score (nSPS) is 9.95. The van der Waals surface area contributed by atoms with Crippen molar-refractivity contribution in [3.8, 4) is 5.75 Å². The molecule has 0 aliphatic rings. The third kappa shape index (κ3) is 3.77. The van der Waals surface area contributed by atoms with Gasteiger partial charge in [0.2, 0.25) is 0 Å². The van der Waals surface area contributed by atoms with E-state index in [0.717, 1.165) is 6.07 Å². The molecule has 1 N–H and O–H groups in total. The molecule has 7 heteroatoms. The summed E-state index contributed by atoms with van der Waals surface area (Å²) in [4.78, 5) is 20.7. The summed E-state index contributed by atoms with van der Waals surface area (Å²) in [6, 6.07) is 1.37. The Kier molecular flexibility index (Phi) is 4.99. The number of carbonyl (C=O) groups is 1. The highest BCUT2D eigenvalue weighted by atomic mass is 19.1. The molecule has 0 atom stereocenters. The molecule has 0 spiro atoms. The summed E-state index contributed by atoms with van der Waals surface area (Å²) >= 11 is 0. The molecule has 0 radical (unpaired) electrons. The van der Waals surface area contributed by atoms with E-state index in [2.05, 4.69) is 6.58 Å². The molecule has 0 amide bonds. The second kappa shape index (κ2) is 6.48. The first-order valence-electron chi connectivity index (χ1n) is 5.42. The summed E-state index contributed by atoms with van der Waals surface area (Å²) in [7, 11) is 0. The van der Waals surface area contributed by atoms with Gasteiger partial charge in [-0.15, -0.1) is 6.58 Å². The fraction of sp³-hybridized carbons (Fsp3) is 0.250. The molecule has 0 aliphatic carbocycles. The third-order valence-electron chi connectivity index (χ3n) is 2.29. The lowest BCUT2D eigenvalue weighted by atomic mass is 10.1. The van der Waals surface area contributed by atoms with Crippen LogP contribution >= 0.6 is 0 Å². The van der Waals surface area contributed by atoms with Crippen molar-refractivity contribution < 1.29 is 24.0 Å². The molecule has 1 aromatic carbocycles. The molecule has 19 heavy (non-hydrogen) atoms. The molecule has 0 aliphatic heterocycles. The number of carboxylic acids is 1. The van der Waals surface area contributed by atoms with Crippen LogP contribution in [0.1, 0.15) is 23.2 Å². The molecular weight excluding hydrogens is 257 g/mol. The van der Waals surface area contributed by atoms with Crippen LogP contribution in [0.3, 0.4) is 0 Å². The van der Waals surface area contributed by atoms with Gasteiger partial charge in [-0.1, -0.05) is 6.08 Å². The smallest absolute Gasteiger partial charge is 0.338 e. The van der Waals surface area contributed by atoms with E-state index >= 15 is 0 Å². The van der Waals surface area contributed by atoms with Gasteiger partial charge in [-0.05, 0) is 12.8 Å². The van der Waals surface area contributed by atoms with Gasteiger partial charge in [0.1, 0.15) is 5.82 Å². The quantitative estimate of drug-likeness (QED) is 0.356. The minimum absolute atomic E-state index is 0.150. The predicted octanol–water partition coefficient (Wildman–Crippen LogP) is 2.78. The largest absolute Gasteiger partial charge is 0.487 e. The van der Waals surface area contributed by atoms with E-state index in [1.54, 1.807) is 6.08 Å². The first kappa shape index (κ1) is 14.6. The number of rotatable bonds is 7. The summed E-state index contributed by atoms with van der Waals surface area (Å²) in [6.45, 7) is 3.66. The topological polar surface area (TPSA) is 89.7 Å². The summed E-state index contributed by atoms with van der Waals surface area (Å²) in [5.41, 5.74) is -1.26. The van der Waals surface area contributed by atoms with Gasteiger partial charge in [-0.25, -0.2) is 9.18 Å². The summed E-state index contributed by atoms with van der Waals surface area (Å²) < 4.78 is 18.5. The van der Waals surface area contributed by atoms with Crippen molar-refractivity contribution in [2.75, 3.05) is 6.61 Å². The summed E-state index contributed by atoms with van der Waals surface area (Å²) in [5.74, 6) is -2.94. The first-order valence-corrected chi connectivity index (χ1v) is 5.42. The lowest BCUT2D eigenvalue weighted by molar-refractivity contribution is -0.386. The number of carboxylic acid groups (broad SMARTS) is 1. The number of hydrogen-bond acceptors (Lipinski definition) is 4. The molecule has 1 rings (SSSR count). The van der Waals surface area contributed by atoms with Crippen LogP contribution in [0.2, 0.25) is 0 Å². The van der Waals surface area contributed by atoms with Crippen molar-refractivity contribution in [2.24, 2.45) is 0 Å². The number of allylic oxidation sites excluding steroid dienone is 1. The molecule has 0 bridgehead atoms. The van der Waals surface area contributed by atoms with E-state index in [0.29, 0.717) is 18.9 Å². The van der Waals surface area contributed by atoms with E-state index in [-0.39, 0.29) is 12.4 Å². The lowest BCUT2D eigenvalue weighted by Gasteiger charge is -2.07. The predicted molar refractivity (Wildman–Crippen MR) is 64.9 cm³/mol. The highest BCUT2D eigenvalue weighted by molar-refractivity contribution is 5.89. The van der Waals surface area contributed by atoms with Gasteiger partial charge in [0, 0.05) is 6.07 Å². The van der Waals surface area contributed by atoms with Crippen molar-refractivity contribution in [3.05, 3.63) is 46.3 Å². The highest BCUT2D eigenvalue weighted by Crippen LogP contribution is 2.30. The summed E-state index contributed by atoms with van der Waals surface area (Å²) in [5, 5.41) is 19.5. The van der Waals surface area contributed by atoms with Crippen LogP contribution in [0.15, 0.2) is 24.8 Å². The number of benzene rings is 1. The minimum Gasteiger partial charge on any atom is -0.487 e. The Morgan fingerprint density at radius 2 is 2.26 bits per heavy atom. The van der Waals surface area contributed by atoms with Crippen LogP contribution in [0.25, 0.3) is 0 Å². The molecule has 0 unspecified atom stereocenters. The standard InChI is InChI=1S/C12H12FNO5/c1-2-3-4-5-19-11-6-8(12(15)16)9(13)7-10(11)14(17)18/h2,6-7H,1,3-5H2,(H,15,16). The minimum atomic E-state index is -1.51. The Morgan fingerprint density at radius 3 is 2.79 bits per heavy atom. The van der Waals surface area contributed by atoms with Crippen LogP contribution in [0, 0.1) is 15.9 Å². The molecule has 0 aromatic heterocycles. The van der Waals surface area contributed by atoms with E-state index < -0.39 is 28.0 Å². The fourth-order valence-corrected chi connectivity index (χ4v) is 1.37. The second-order valence-corrected chi connectivity index (χ2v) is 3.64. The highest BCUT2D eigenvalue weighted by Gasteiger charge is 2.22. The molecule has 102 valence electrons. The van der Waals surface area contributed by atoms with Crippen LogP contribution in [-0.4, -0.2) is 22.6 Å². The number of nitro benzene ring substituents is 1. The van der Waals surface area contributed by atoms with Crippen LogP contribution in [-0.2, 0) is 0 Å². The van der Waals surface area contributed by atoms with Crippen molar-refractivity contribution in [1.29, 1.82) is 0 Å². The first-order chi connectivity index (χ1) is 8.97. The molecule has 6 nitrogen and oxygen atoms in total. The van der Waals surface area contributed by atoms with Crippen LogP contribution in [0.5, 0.6) is 5.75 Å². The monoisotopic (exact) mass is 269 g/mol. The van der Waals surface area contributed by atoms with Gasteiger partial charge in [-0.2, -0.15) is 0 Å².